The van der Waals surface area contributed by atoms with Gasteiger partial charge in [0.1, 0.15) is 5.82 Å². The van der Waals surface area contributed by atoms with Crippen molar-refractivity contribution in [3.05, 3.63) is 46.8 Å². The monoisotopic (exact) mass is 346 g/mol. The molecule has 0 unspecified atom stereocenters. The van der Waals surface area contributed by atoms with E-state index < -0.39 is 0 Å². The Morgan fingerprint density at radius 2 is 1.95 bits per heavy atom. The minimum Gasteiger partial charge on any atom is -0.380 e. The first-order chi connectivity index (χ1) is 10.3. The number of nitrogens with one attached hydrogen (secondary N) is 1. The maximum Gasteiger partial charge on any atom is 0.128 e. The third kappa shape index (κ3) is 3.94. The van der Waals surface area contributed by atoms with E-state index in [1.807, 2.05) is 12.4 Å². The first-order valence-electron chi connectivity index (χ1n) is 7.35. The van der Waals surface area contributed by atoms with Crippen LogP contribution in [-0.4, -0.2) is 23.1 Å². The Kier molecular flexibility index (Phi) is 4.70. The molecule has 110 valence electrons. The number of pyridine rings is 2. The number of hydrogen-bond acceptors (Lipinski definition) is 4. The van der Waals surface area contributed by atoms with E-state index in [9.17, 15) is 0 Å². The van der Waals surface area contributed by atoms with Crippen LogP contribution in [0.15, 0.2) is 41.3 Å². The van der Waals surface area contributed by atoms with Gasteiger partial charge in [-0.05, 0) is 59.0 Å². The van der Waals surface area contributed by atoms with Gasteiger partial charge >= 0.3 is 0 Å². The summed E-state index contributed by atoms with van der Waals surface area (Å²) in [6.07, 6.45) is 9.47. The summed E-state index contributed by atoms with van der Waals surface area (Å²) in [5.41, 5.74) is 2.18. The van der Waals surface area contributed by atoms with Crippen LogP contribution < -0.4 is 10.2 Å². The molecular weight excluding hydrogens is 328 g/mol. The van der Waals surface area contributed by atoms with Crippen molar-refractivity contribution >= 4 is 27.4 Å². The summed E-state index contributed by atoms with van der Waals surface area (Å²) >= 11 is 3.43. The van der Waals surface area contributed by atoms with Crippen LogP contribution >= 0.6 is 15.9 Å². The fourth-order valence-corrected chi connectivity index (χ4v) is 2.97. The van der Waals surface area contributed by atoms with Crippen molar-refractivity contribution in [2.24, 2.45) is 0 Å². The third-order valence-corrected chi connectivity index (χ3v) is 4.12. The van der Waals surface area contributed by atoms with Gasteiger partial charge in [-0.2, -0.15) is 0 Å². The molecule has 0 bridgehead atoms. The normalized spacial score (nSPS) is 15.0. The molecular formula is C16H19BrN4. The number of anilines is 2. The second-order valence-electron chi connectivity index (χ2n) is 5.32. The lowest BCUT2D eigenvalue weighted by Gasteiger charge is -2.27. The predicted molar refractivity (Wildman–Crippen MR) is 89.6 cm³/mol. The van der Waals surface area contributed by atoms with Crippen molar-refractivity contribution < 1.29 is 0 Å². The van der Waals surface area contributed by atoms with Crippen LogP contribution in [0, 0.1) is 0 Å². The fourth-order valence-electron chi connectivity index (χ4n) is 2.56. The van der Waals surface area contributed by atoms with Crippen LogP contribution in [0.25, 0.3) is 0 Å². The molecule has 2 aromatic heterocycles. The van der Waals surface area contributed by atoms with E-state index in [0.29, 0.717) is 0 Å². The lowest BCUT2D eigenvalue weighted by molar-refractivity contribution is 0.573. The van der Waals surface area contributed by atoms with Gasteiger partial charge in [-0.15, -0.1) is 0 Å². The molecule has 1 saturated heterocycles. The van der Waals surface area contributed by atoms with Gasteiger partial charge in [0.15, 0.2) is 0 Å². The minimum absolute atomic E-state index is 0.747. The maximum atomic E-state index is 4.57. The van der Waals surface area contributed by atoms with Gasteiger partial charge < -0.3 is 10.2 Å². The SMILES string of the molecule is Brc1cncc(CNc2ccc(N3CCCCC3)nc2)c1. The third-order valence-electron chi connectivity index (χ3n) is 3.69. The quantitative estimate of drug-likeness (QED) is 0.912. The lowest BCUT2D eigenvalue weighted by atomic mass is 10.1. The zero-order chi connectivity index (χ0) is 14.5. The van der Waals surface area contributed by atoms with Gasteiger partial charge in [0.25, 0.3) is 0 Å². The summed E-state index contributed by atoms with van der Waals surface area (Å²) in [5.74, 6) is 1.09. The van der Waals surface area contributed by atoms with Gasteiger partial charge in [0.05, 0.1) is 11.9 Å². The average Bonchev–Trinajstić information content (AvgIpc) is 2.54. The molecule has 3 rings (SSSR count). The summed E-state index contributed by atoms with van der Waals surface area (Å²) in [5, 5.41) is 3.38. The smallest absolute Gasteiger partial charge is 0.128 e. The molecule has 2 aromatic rings. The highest BCUT2D eigenvalue weighted by Gasteiger charge is 2.11. The highest BCUT2D eigenvalue weighted by atomic mass is 79.9. The Labute approximate surface area is 133 Å². The van der Waals surface area contributed by atoms with E-state index in [1.165, 1.54) is 19.3 Å². The van der Waals surface area contributed by atoms with Crippen LogP contribution in [0.4, 0.5) is 11.5 Å². The first-order valence-corrected chi connectivity index (χ1v) is 8.15. The van der Waals surface area contributed by atoms with Crippen LogP contribution in [0.1, 0.15) is 24.8 Å². The molecule has 1 aliphatic rings. The number of aromatic nitrogens is 2. The van der Waals surface area contributed by atoms with E-state index in [1.54, 1.807) is 6.20 Å². The van der Waals surface area contributed by atoms with Crippen molar-refractivity contribution in [3.63, 3.8) is 0 Å². The molecule has 0 aromatic carbocycles. The summed E-state index contributed by atoms with van der Waals surface area (Å²) in [6, 6.07) is 6.27. The fraction of sp³-hybridized carbons (Fsp3) is 0.375. The first kappa shape index (κ1) is 14.3. The van der Waals surface area contributed by atoms with Gasteiger partial charge in [0, 0.05) is 36.5 Å². The molecule has 3 heterocycles. The number of halogens is 1. The van der Waals surface area contributed by atoms with E-state index in [4.69, 9.17) is 0 Å². The summed E-state index contributed by atoms with van der Waals surface area (Å²) in [4.78, 5) is 11.1. The summed E-state index contributed by atoms with van der Waals surface area (Å²) in [6.45, 7) is 3.00. The molecule has 4 nitrogen and oxygen atoms in total. The molecule has 0 amide bonds. The van der Waals surface area contributed by atoms with Crippen molar-refractivity contribution in [2.75, 3.05) is 23.3 Å². The number of nitrogens with zero attached hydrogens (tertiary/aromatic N) is 3. The number of hydrogen-bond donors (Lipinski definition) is 1. The molecule has 1 aliphatic heterocycles. The van der Waals surface area contributed by atoms with Crippen LogP contribution in [0.5, 0.6) is 0 Å². The summed E-state index contributed by atoms with van der Waals surface area (Å²) in [7, 11) is 0. The Morgan fingerprint density at radius 3 is 2.67 bits per heavy atom. The number of rotatable bonds is 4. The Morgan fingerprint density at radius 1 is 1.10 bits per heavy atom. The molecule has 0 aliphatic carbocycles. The molecule has 1 fully saturated rings. The molecule has 0 spiro atoms. The predicted octanol–water partition coefficient (Wildman–Crippen LogP) is 3.84. The Bertz CT molecular complexity index is 579. The molecule has 5 heteroatoms. The van der Waals surface area contributed by atoms with Crippen LogP contribution in [0.2, 0.25) is 0 Å². The zero-order valence-electron chi connectivity index (χ0n) is 11.9. The Balaban J connectivity index is 1.59. The van der Waals surface area contributed by atoms with E-state index >= 15 is 0 Å². The highest BCUT2D eigenvalue weighted by Crippen LogP contribution is 2.19. The van der Waals surface area contributed by atoms with Gasteiger partial charge in [-0.25, -0.2) is 4.98 Å². The standard InChI is InChI=1S/C16H19BrN4/c17-14-8-13(9-18-11-14)10-19-15-4-5-16(20-12-15)21-6-2-1-3-7-21/h4-5,8-9,11-12,19H,1-3,6-7,10H2. The largest absolute Gasteiger partial charge is 0.380 e. The molecule has 0 atom stereocenters. The van der Waals surface area contributed by atoms with Gasteiger partial charge in [0.2, 0.25) is 0 Å². The van der Waals surface area contributed by atoms with Crippen molar-refractivity contribution in [3.8, 4) is 0 Å². The maximum absolute atomic E-state index is 4.57. The van der Waals surface area contributed by atoms with Gasteiger partial charge in [-0.1, -0.05) is 0 Å². The molecule has 0 saturated carbocycles. The topological polar surface area (TPSA) is 41.1 Å². The zero-order valence-corrected chi connectivity index (χ0v) is 13.5. The molecule has 1 N–H and O–H groups in total. The van der Waals surface area contributed by atoms with Crippen LogP contribution in [0.3, 0.4) is 0 Å². The van der Waals surface area contributed by atoms with E-state index in [2.05, 4.69) is 54.3 Å². The van der Waals surface area contributed by atoms with Crippen molar-refractivity contribution in [1.29, 1.82) is 0 Å². The second-order valence-corrected chi connectivity index (χ2v) is 6.23. The summed E-state index contributed by atoms with van der Waals surface area (Å²) < 4.78 is 1.00. The van der Waals surface area contributed by atoms with Gasteiger partial charge in [-0.3, -0.25) is 4.98 Å². The van der Waals surface area contributed by atoms with E-state index in [0.717, 1.165) is 41.2 Å². The second kappa shape index (κ2) is 6.89. The number of piperidine rings is 1. The Hall–Kier alpha value is -1.62. The van der Waals surface area contributed by atoms with Crippen LogP contribution in [-0.2, 0) is 6.54 Å². The molecule has 0 radical (unpaired) electrons. The van der Waals surface area contributed by atoms with Crippen molar-refractivity contribution in [1.82, 2.24) is 9.97 Å². The van der Waals surface area contributed by atoms with Crippen molar-refractivity contribution in [2.45, 2.75) is 25.8 Å². The molecule has 21 heavy (non-hydrogen) atoms. The average molecular weight is 347 g/mol. The minimum atomic E-state index is 0.747. The van der Waals surface area contributed by atoms with E-state index in [-0.39, 0.29) is 0 Å². The lowest BCUT2D eigenvalue weighted by Crippen LogP contribution is -2.30. The highest BCUT2D eigenvalue weighted by molar-refractivity contribution is 9.10.